The lowest BCUT2D eigenvalue weighted by atomic mass is 10.0. The molecule has 2 rings (SSSR count). The van der Waals surface area contributed by atoms with Crippen molar-refractivity contribution in [3.05, 3.63) is 42.0 Å². The van der Waals surface area contributed by atoms with Crippen LogP contribution in [0.5, 0.6) is 0 Å². The first kappa shape index (κ1) is 37.1. The van der Waals surface area contributed by atoms with Crippen molar-refractivity contribution < 1.29 is 28.0 Å². The maximum Gasteiger partial charge on any atom is 0.472 e. The van der Waals surface area contributed by atoms with E-state index in [2.05, 4.69) is 27.6 Å². The number of nitriles is 1. The van der Waals surface area contributed by atoms with Crippen LogP contribution in [-0.4, -0.2) is 52.7 Å². The molecule has 242 valence electrons. The molecule has 1 aromatic carbocycles. The minimum absolute atomic E-state index is 0.160. The van der Waals surface area contributed by atoms with E-state index in [0.717, 1.165) is 25.5 Å². The van der Waals surface area contributed by atoms with Gasteiger partial charge in [-0.3, -0.25) is 9.05 Å². The van der Waals surface area contributed by atoms with Gasteiger partial charge in [-0.15, -0.1) is 0 Å². The molecule has 1 N–H and O–H groups in total. The fraction of sp³-hybridized carbons (Fsp3) is 0.719. The normalized spacial score (nSPS) is 13.5. The van der Waals surface area contributed by atoms with Gasteiger partial charge in [-0.25, -0.2) is 14.2 Å². The van der Waals surface area contributed by atoms with E-state index in [-0.39, 0.29) is 19.8 Å². The number of unbranched alkanes of at least 4 members (excludes halogenated alkanes) is 15. The van der Waals surface area contributed by atoms with Gasteiger partial charge < -0.3 is 14.4 Å². The summed E-state index contributed by atoms with van der Waals surface area (Å²) in [5.41, 5.74) is 1.84. The first-order valence-electron chi connectivity index (χ1n) is 16.1. The van der Waals surface area contributed by atoms with Crippen LogP contribution in [0.2, 0.25) is 0 Å². The summed E-state index contributed by atoms with van der Waals surface area (Å²) in [7, 11) is -3.03. The second kappa shape index (κ2) is 23.3. The van der Waals surface area contributed by atoms with Gasteiger partial charge in [0.05, 0.1) is 31.1 Å². The van der Waals surface area contributed by atoms with Gasteiger partial charge in [-0.2, -0.15) is 10.4 Å². The number of benzene rings is 1. The SMILES string of the molecule is CCCCCCCCCCCCCCCCCCOC[C@H](COP(=O)(O)OC)OCc1ccc(C#N)c(-n2cncn2)c1. The van der Waals surface area contributed by atoms with Crippen molar-refractivity contribution in [2.24, 2.45) is 0 Å². The molecule has 0 aliphatic heterocycles. The van der Waals surface area contributed by atoms with Crippen LogP contribution in [0.25, 0.3) is 5.69 Å². The molecule has 1 unspecified atom stereocenters. The summed E-state index contributed by atoms with van der Waals surface area (Å²) in [6, 6.07) is 7.44. The molecule has 10 nitrogen and oxygen atoms in total. The summed E-state index contributed by atoms with van der Waals surface area (Å²) >= 11 is 0. The maximum absolute atomic E-state index is 11.8. The van der Waals surface area contributed by atoms with E-state index in [1.165, 1.54) is 107 Å². The molecule has 11 heteroatoms. The molecule has 2 aromatic rings. The molecule has 2 atom stereocenters. The van der Waals surface area contributed by atoms with Gasteiger partial charge >= 0.3 is 7.82 Å². The van der Waals surface area contributed by atoms with Crippen LogP contribution in [0.1, 0.15) is 121 Å². The highest BCUT2D eigenvalue weighted by Gasteiger charge is 2.22. The second-order valence-corrected chi connectivity index (χ2v) is 12.6. The van der Waals surface area contributed by atoms with Crippen molar-refractivity contribution in [1.29, 1.82) is 5.26 Å². The highest BCUT2D eigenvalue weighted by atomic mass is 31.2. The third-order valence-electron chi connectivity index (χ3n) is 7.43. The molecule has 0 fully saturated rings. The molecule has 0 aliphatic carbocycles. The Kier molecular flexibility index (Phi) is 20.1. The van der Waals surface area contributed by atoms with Crippen molar-refractivity contribution in [3.8, 4) is 11.8 Å². The third kappa shape index (κ3) is 17.1. The lowest BCUT2D eigenvalue weighted by molar-refractivity contribution is -0.0500. The summed E-state index contributed by atoms with van der Waals surface area (Å²) in [6.45, 7) is 3.10. The Morgan fingerprint density at radius 1 is 0.930 bits per heavy atom. The molecular formula is C32H53N4O6P. The molecule has 0 bridgehead atoms. The molecule has 1 heterocycles. The Morgan fingerprint density at radius 3 is 2.07 bits per heavy atom. The maximum atomic E-state index is 11.8. The Hall–Kier alpha value is -2.12. The Morgan fingerprint density at radius 2 is 1.53 bits per heavy atom. The van der Waals surface area contributed by atoms with E-state index in [1.54, 1.807) is 18.2 Å². The Bertz CT molecular complexity index is 1060. The molecule has 0 spiro atoms. The number of ether oxygens (including phenoxy) is 2. The second-order valence-electron chi connectivity index (χ2n) is 11.1. The quantitative estimate of drug-likeness (QED) is 0.0778. The molecule has 0 amide bonds. The van der Waals surface area contributed by atoms with Crippen molar-refractivity contribution in [1.82, 2.24) is 14.8 Å². The van der Waals surface area contributed by atoms with E-state index in [4.69, 9.17) is 14.0 Å². The van der Waals surface area contributed by atoms with Gasteiger partial charge in [0.2, 0.25) is 0 Å². The third-order valence-corrected chi connectivity index (χ3v) is 8.37. The van der Waals surface area contributed by atoms with E-state index in [9.17, 15) is 14.7 Å². The summed E-state index contributed by atoms with van der Waals surface area (Å²) in [5, 5.41) is 13.5. The van der Waals surface area contributed by atoms with Crippen LogP contribution in [0.15, 0.2) is 30.9 Å². The smallest absolute Gasteiger partial charge is 0.379 e. The van der Waals surface area contributed by atoms with Crippen LogP contribution in [0.3, 0.4) is 0 Å². The van der Waals surface area contributed by atoms with Crippen molar-refractivity contribution in [3.63, 3.8) is 0 Å². The average Bonchev–Trinajstić information content (AvgIpc) is 3.56. The molecule has 1 aromatic heterocycles. The first-order valence-corrected chi connectivity index (χ1v) is 17.6. The monoisotopic (exact) mass is 620 g/mol. The standard InChI is InChI=1S/C32H53N4O6P/c1-3-4-5-6-7-8-9-10-11-12-13-14-15-16-17-18-21-40-25-31(26-42-43(37,38)39-2)41-24-29-19-20-30(23-33)32(22-29)36-28-34-27-35-36/h19-20,22,27-28,31H,3-18,21,24-26H2,1-2H3,(H,37,38)/t31-/m1/s1. The van der Waals surface area contributed by atoms with E-state index in [1.807, 2.05) is 0 Å². The van der Waals surface area contributed by atoms with Crippen molar-refractivity contribution >= 4 is 7.82 Å². The Balaban J connectivity index is 1.60. The fourth-order valence-electron chi connectivity index (χ4n) is 4.84. The van der Waals surface area contributed by atoms with E-state index >= 15 is 0 Å². The fourth-order valence-corrected chi connectivity index (χ4v) is 5.30. The summed E-state index contributed by atoms with van der Waals surface area (Å²) in [4.78, 5) is 13.6. The highest BCUT2D eigenvalue weighted by molar-refractivity contribution is 7.47. The number of phosphoric ester groups is 1. The number of hydrogen-bond acceptors (Lipinski definition) is 8. The first-order chi connectivity index (χ1) is 21.0. The zero-order valence-electron chi connectivity index (χ0n) is 26.3. The molecule has 0 saturated carbocycles. The van der Waals surface area contributed by atoms with Crippen molar-refractivity contribution in [2.75, 3.05) is 26.9 Å². The molecule has 0 aliphatic rings. The largest absolute Gasteiger partial charge is 0.472 e. The zero-order chi connectivity index (χ0) is 31.0. The minimum Gasteiger partial charge on any atom is -0.379 e. The lowest BCUT2D eigenvalue weighted by Gasteiger charge is -2.20. The predicted molar refractivity (Wildman–Crippen MR) is 168 cm³/mol. The molecule has 43 heavy (non-hydrogen) atoms. The van der Waals surface area contributed by atoms with Gasteiger partial charge in [0, 0.05) is 13.7 Å². The van der Waals surface area contributed by atoms with Gasteiger partial charge in [-0.05, 0) is 24.1 Å². The van der Waals surface area contributed by atoms with E-state index < -0.39 is 13.9 Å². The minimum atomic E-state index is -4.14. The van der Waals surface area contributed by atoms with Crippen LogP contribution >= 0.6 is 7.82 Å². The topological polar surface area (TPSA) is 129 Å². The number of nitrogens with zero attached hydrogens (tertiary/aromatic N) is 4. The van der Waals surface area contributed by atoms with Crippen molar-refractivity contribution in [2.45, 2.75) is 122 Å². The predicted octanol–water partition coefficient (Wildman–Crippen LogP) is 8.07. The molecular weight excluding hydrogens is 567 g/mol. The van der Waals surface area contributed by atoms with Gasteiger partial charge in [-0.1, -0.05) is 109 Å². The number of hydrogen-bond donors (Lipinski definition) is 1. The van der Waals surface area contributed by atoms with Crippen LogP contribution < -0.4 is 0 Å². The zero-order valence-corrected chi connectivity index (χ0v) is 27.2. The summed E-state index contributed by atoms with van der Waals surface area (Å²) in [6.07, 6.45) is 23.4. The van der Waals surface area contributed by atoms with Gasteiger partial charge in [0.25, 0.3) is 0 Å². The van der Waals surface area contributed by atoms with Crippen LogP contribution in [0, 0.1) is 11.3 Å². The molecule has 0 radical (unpaired) electrons. The van der Waals surface area contributed by atoms with E-state index in [0.29, 0.717) is 17.9 Å². The number of rotatable bonds is 27. The summed E-state index contributed by atoms with van der Waals surface area (Å²) in [5.74, 6) is 0. The van der Waals surface area contributed by atoms with Gasteiger partial charge in [0.15, 0.2) is 0 Å². The molecule has 0 saturated heterocycles. The van der Waals surface area contributed by atoms with Crippen LogP contribution in [-0.2, 0) is 29.7 Å². The number of aromatic nitrogens is 3. The average molecular weight is 621 g/mol. The summed E-state index contributed by atoms with van der Waals surface area (Å²) < 4.78 is 34.7. The Labute approximate surface area is 258 Å². The van der Waals surface area contributed by atoms with Crippen LogP contribution in [0.4, 0.5) is 0 Å². The number of phosphoric acid groups is 1. The lowest BCUT2D eigenvalue weighted by Crippen LogP contribution is -2.25. The van der Waals surface area contributed by atoms with Gasteiger partial charge in [0.1, 0.15) is 24.8 Å². The highest BCUT2D eigenvalue weighted by Crippen LogP contribution is 2.42.